The molecule has 1 fully saturated rings. The molecule has 106 valence electrons. The van der Waals surface area contributed by atoms with Gasteiger partial charge in [0.2, 0.25) is 12.1 Å². The van der Waals surface area contributed by atoms with Crippen LogP contribution in [0, 0.1) is 10.1 Å². The lowest BCUT2D eigenvalue weighted by Crippen LogP contribution is -2.42. The number of hydrogen-bond acceptors (Lipinski definition) is 5. The quantitative estimate of drug-likeness (QED) is 0.642. The number of imidazole rings is 1. The zero-order chi connectivity index (χ0) is 13.8. The van der Waals surface area contributed by atoms with Gasteiger partial charge in [0.1, 0.15) is 0 Å². The maximum Gasteiger partial charge on any atom is 0.406 e. The first kappa shape index (κ1) is 13.8. The minimum Gasteiger partial charge on any atom is -0.358 e. The molecule has 0 amide bonds. The summed E-state index contributed by atoms with van der Waals surface area (Å²) in [7, 11) is 3.75. The van der Waals surface area contributed by atoms with Crippen molar-refractivity contribution in [2.45, 2.75) is 31.7 Å². The summed E-state index contributed by atoms with van der Waals surface area (Å²) in [4.78, 5) is 16.8. The van der Waals surface area contributed by atoms with Crippen molar-refractivity contribution in [2.24, 2.45) is 7.05 Å². The van der Waals surface area contributed by atoms with Gasteiger partial charge in [-0.15, -0.1) is 0 Å². The monoisotopic (exact) mass is 267 g/mol. The molecule has 19 heavy (non-hydrogen) atoms. The minimum absolute atomic E-state index is 0.0288. The summed E-state index contributed by atoms with van der Waals surface area (Å²) < 4.78 is 1.76. The van der Waals surface area contributed by atoms with E-state index in [2.05, 4.69) is 15.2 Å². The van der Waals surface area contributed by atoms with Gasteiger partial charge in [0.25, 0.3) is 0 Å². The van der Waals surface area contributed by atoms with Gasteiger partial charge in [0, 0.05) is 19.6 Å². The maximum absolute atomic E-state index is 11.1. The second-order valence-electron chi connectivity index (χ2n) is 5.00. The molecule has 0 saturated carbocycles. The van der Waals surface area contributed by atoms with E-state index in [0.29, 0.717) is 11.9 Å². The molecule has 0 aliphatic carbocycles. The van der Waals surface area contributed by atoms with Crippen LogP contribution in [-0.2, 0) is 7.05 Å². The molecule has 7 heteroatoms. The lowest BCUT2D eigenvalue weighted by molar-refractivity contribution is -0.388. The molecule has 1 N–H and O–H groups in total. The molecule has 1 atom stereocenters. The Morgan fingerprint density at radius 1 is 1.58 bits per heavy atom. The molecule has 1 unspecified atom stereocenters. The highest BCUT2D eigenvalue weighted by Crippen LogP contribution is 2.32. The third-order valence-electron chi connectivity index (χ3n) is 3.69. The van der Waals surface area contributed by atoms with Crippen LogP contribution < -0.4 is 10.2 Å². The van der Waals surface area contributed by atoms with Gasteiger partial charge in [-0.05, 0) is 49.2 Å². The molecular formula is C12H21N5O2. The first-order valence-corrected chi connectivity index (χ1v) is 6.72. The molecule has 7 nitrogen and oxygen atoms in total. The highest BCUT2D eigenvalue weighted by Gasteiger charge is 2.31. The summed E-state index contributed by atoms with van der Waals surface area (Å²) in [6.45, 7) is 1.79. The van der Waals surface area contributed by atoms with E-state index in [-0.39, 0.29) is 10.7 Å². The van der Waals surface area contributed by atoms with E-state index in [1.165, 1.54) is 12.7 Å². The average Bonchev–Trinajstić information content (AvgIpc) is 2.78. The Morgan fingerprint density at radius 2 is 2.37 bits per heavy atom. The van der Waals surface area contributed by atoms with E-state index in [9.17, 15) is 10.1 Å². The van der Waals surface area contributed by atoms with Gasteiger partial charge < -0.3 is 20.3 Å². The second-order valence-corrected chi connectivity index (χ2v) is 5.00. The average molecular weight is 267 g/mol. The predicted octanol–water partition coefficient (Wildman–Crippen LogP) is 1.30. The van der Waals surface area contributed by atoms with Crippen molar-refractivity contribution in [2.75, 3.05) is 25.0 Å². The lowest BCUT2D eigenvalue weighted by Gasteiger charge is -2.36. The number of nitrogens with zero attached hydrogens (tertiary/aromatic N) is 4. The van der Waals surface area contributed by atoms with Crippen molar-refractivity contribution in [3.05, 3.63) is 16.4 Å². The van der Waals surface area contributed by atoms with E-state index in [0.717, 1.165) is 32.4 Å². The number of hydrogen-bond donors (Lipinski definition) is 1. The van der Waals surface area contributed by atoms with Crippen LogP contribution in [0.4, 0.5) is 11.6 Å². The largest absolute Gasteiger partial charge is 0.406 e. The fourth-order valence-corrected chi connectivity index (χ4v) is 2.76. The second kappa shape index (κ2) is 6.01. The molecule has 1 aliphatic rings. The van der Waals surface area contributed by atoms with E-state index in [1.807, 2.05) is 14.1 Å². The van der Waals surface area contributed by atoms with E-state index in [1.54, 1.807) is 4.57 Å². The Bertz CT molecular complexity index is 445. The van der Waals surface area contributed by atoms with Gasteiger partial charge in [0.05, 0.1) is 0 Å². The topological polar surface area (TPSA) is 76.2 Å². The Morgan fingerprint density at radius 3 is 3.05 bits per heavy atom. The molecule has 1 aromatic heterocycles. The van der Waals surface area contributed by atoms with E-state index < -0.39 is 0 Å². The summed E-state index contributed by atoms with van der Waals surface area (Å²) >= 11 is 0. The first-order valence-electron chi connectivity index (χ1n) is 6.72. The predicted molar refractivity (Wildman–Crippen MR) is 73.4 cm³/mol. The molecule has 0 spiro atoms. The normalized spacial score (nSPS) is 19.7. The van der Waals surface area contributed by atoms with Crippen LogP contribution in [0.15, 0.2) is 6.33 Å². The van der Waals surface area contributed by atoms with E-state index in [4.69, 9.17) is 0 Å². The summed E-state index contributed by atoms with van der Waals surface area (Å²) in [5.74, 6) is 0.615. The highest BCUT2D eigenvalue weighted by atomic mass is 16.6. The molecule has 2 rings (SSSR count). The Balaban J connectivity index is 2.26. The summed E-state index contributed by atoms with van der Waals surface area (Å²) in [5, 5.41) is 14.2. The SMILES string of the molecule is CNCCC1CCCCN1c1c([N+](=O)[O-])ncn1C. The Labute approximate surface area is 112 Å². The molecule has 2 heterocycles. The fourth-order valence-electron chi connectivity index (χ4n) is 2.76. The lowest BCUT2D eigenvalue weighted by atomic mass is 9.99. The molecule has 0 radical (unpaired) electrons. The van der Waals surface area contributed by atoms with Crippen molar-refractivity contribution in [3.63, 3.8) is 0 Å². The van der Waals surface area contributed by atoms with Crippen LogP contribution in [0.25, 0.3) is 0 Å². The van der Waals surface area contributed by atoms with Crippen LogP contribution in [0.5, 0.6) is 0 Å². The van der Waals surface area contributed by atoms with Crippen molar-refractivity contribution in [3.8, 4) is 0 Å². The number of anilines is 1. The minimum atomic E-state index is -0.390. The number of rotatable bonds is 5. The van der Waals surface area contributed by atoms with Crippen molar-refractivity contribution < 1.29 is 4.92 Å². The number of nitrogens with one attached hydrogen (secondary N) is 1. The van der Waals surface area contributed by atoms with Gasteiger partial charge in [-0.2, -0.15) is 0 Å². The third-order valence-corrected chi connectivity index (χ3v) is 3.69. The molecule has 1 saturated heterocycles. The van der Waals surface area contributed by atoms with Gasteiger partial charge in [-0.3, -0.25) is 4.57 Å². The van der Waals surface area contributed by atoms with Crippen molar-refractivity contribution in [1.29, 1.82) is 0 Å². The summed E-state index contributed by atoms with van der Waals surface area (Å²) in [5.41, 5.74) is 0. The molecular weight excluding hydrogens is 246 g/mol. The van der Waals surface area contributed by atoms with Gasteiger partial charge in [0.15, 0.2) is 0 Å². The maximum atomic E-state index is 11.1. The van der Waals surface area contributed by atoms with Crippen LogP contribution in [-0.4, -0.2) is 40.7 Å². The van der Waals surface area contributed by atoms with Crippen LogP contribution in [0.3, 0.4) is 0 Å². The molecule has 1 aromatic rings. The van der Waals surface area contributed by atoms with Gasteiger partial charge in [-0.1, -0.05) is 0 Å². The Hall–Kier alpha value is -1.63. The number of nitro groups is 1. The molecule has 0 aromatic carbocycles. The standard InChI is InChI=1S/C12H21N5O2/c1-13-7-6-10-5-3-4-8-16(10)12-11(17(18)19)14-9-15(12)2/h9-10,13H,3-8H2,1-2H3. The van der Waals surface area contributed by atoms with Crippen molar-refractivity contribution in [1.82, 2.24) is 14.9 Å². The number of piperidine rings is 1. The summed E-state index contributed by atoms with van der Waals surface area (Å²) in [6.07, 6.45) is 5.88. The van der Waals surface area contributed by atoms with Crippen LogP contribution in [0.1, 0.15) is 25.7 Å². The highest BCUT2D eigenvalue weighted by molar-refractivity contribution is 5.55. The summed E-state index contributed by atoms with van der Waals surface area (Å²) in [6, 6.07) is 0.357. The van der Waals surface area contributed by atoms with Crippen LogP contribution >= 0.6 is 0 Å². The van der Waals surface area contributed by atoms with E-state index >= 15 is 0 Å². The zero-order valence-corrected chi connectivity index (χ0v) is 11.5. The number of aryl methyl sites for hydroxylation is 1. The fraction of sp³-hybridized carbons (Fsp3) is 0.750. The smallest absolute Gasteiger partial charge is 0.358 e. The molecule has 1 aliphatic heterocycles. The van der Waals surface area contributed by atoms with Crippen molar-refractivity contribution >= 4 is 11.6 Å². The number of aromatic nitrogens is 2. The first-order chi connectivity index (χ1) is 9.15. The van der Waals surface area contributed by atoms with Gasteiger partial charge in [-0.25, -0.2) is 0 Å². The zero-order valence-electron chi connectivity index (χ0n) is 11.5. The Kier molecular flexibility index (Phi) is 4.36. The third kappa shape index (κ3) is 2.86. The van der Waals surface area contributed by atoms with Gasteiger partial charge >= 0.3 is 5.82 Å². The molecule has 0 bridgehead atoms. The van der Waals surface area contributed by atoms with Crippen LogP contribution in [0.2, 0.25) is 0 Å².